The molecule has 0 spiro atoms. The number of hydrogen-bond donors (Lipinski definition) is 5. The number of carbonyl (C=O) groups is 2. The van der Waals surface area contributed by atoms with Crippen molar-refractivity contribution in [1.82, 2.24) is 10.2 Å². The minimum absolute atomic E-state index is 0.0183. The number of rotatable bonds is 4. The molecule has 1 aromatic carbocycles. The third-order valence-corrected chi connectivity index (χ3v) is 5.18. The summed E-state index contributed by atoms with van der Waals surface area (Å²) in [6, 6.07) is 4.58. The summed E-state index contributed by atoms with van der Waals surface area (Å²) < 4.78 is 29.4. The molecule has 2 fully saturated rings. The van der Waals surface area contributed by atoms with E-state index in [4.69, 9.17) is 36.7 Å². The second kappa shape index (κ2) is 10.2. The number of benzene rings is 1. The fourth-order valence-corrected chi connectivity index (χ4v) is 3.38. The number of ketones is 1. The smallest absolute Gasteiger partial charge is 0.325 e. The fourth-order valence-electron chi connectivity index (χ4n) is 3.19. The van der Waals surface area contributed by atoms with Crippen LogP contribution in [0.2, 0.25) is 5.02 Å². The number of nitrogens with zero attached hydrogens (tertiary/aromatic N) is 1. The van der Waals surface area contributed by atoms with Gasteiger partial charge in [0, 0.05) is 16.8 Å². The number of halogens is 2. The number of Topliss-reactive ketones (excluding diaryl/α,β-unsaturated/α-hetero) is 1. The van der Waals surface area contributed by atoms with Crippen molar-refractivity contribution in [2.75, 3.05) is 26.6 Å². The first kappa shape index (κ1) is 24.5. The summed E-state index contributed by atoms with van der Waals surface area (Å²) in [4.78, 5) is 25.6. The van der Waals surface area contributed by atoms with Crippen molar-refractivity contribution in [2.45, 2.75) is 30.2 Å². The number of nitrogens with one attached hydrogen (secondary N) is 1. The van der Waals surface area contributed by atoms with Crippen LogP contribution in [-0.2, 0) is 14.2 Å². The second-order valence-corrected chi connectivity index (χ2v) is 7.56. The Kier molecular flexibility index (Phi) is 7.79. The quantitative estimate of drug-likeness (QED) is 0.359. The van der Waals surface area contributed by atoms with E-state index in [1.165, 1.54) is 24.3 Å². The van der Waals surface area contributed by atoms with Crippen LogP contribution in [0.1, 0.15) is 10.4 Å². The zero-order valence-electron chi connectivity index (χ0n) is 16.7. The van der Waals surface area contributed by atoms with Gasteiger partial charge in [0.15, 0.2) is 12.1 Å². The molecular weight excluding hydrogens is 453 g/mol. The lowest BCUT2D eigenvalue weighted by Gasteiger charge is -2.37. The van der Waals surface area contributed by atoms with E-state index >= 15 is 0 Å². The van der Waals surface area contributed by atoms with E-state index in [1.54, 1.807) is 0 Å². The van der Waals surface area contributed by atoms with Gasteiger partial charge in [0.25, 0.3) is 0 Å². The van der Waals surface area contributed by atoms with Crippen LogP contribution in [0.25, 0.3) is 0 Å². The van der Waals surface area contributed by atoms with E-state index in [9.17, 15) is 24.2 Å². The molecule has 3 aliphatic heterocycles. The van der Waals surface area contributed by atoms with E-state index < -0.39 is 54.5 Å². The Morgan fingerprint density at radius 2 is 2.00 bits per heavy atom. The minimum Gasteiger partial charge on any atom is -0.394 e. The molecule has 0 saturated carbocycles. The number of urea groups is 1. The standard InChI is InChI=1S/C16H17ClFN3O6.C3H6O2/c17-8-3-1-2-7(4-8)13(25)16(19)10(18)5-21(15(26)20-16)14-12(24)11(23)9(6-22)27-14;1-2-5-3-4-1/h1-5,9,11-12,14,22-24H,6,19H2,(H,20,26);1-3H2/t9-,11-,12-,14-,16?;/m1./s1. The van der Waals surface area contributed by atoms with E-state index in [0.717, 1.165) is 13.2 Å². The topological polar surface area (TPSA) is 164 Å². The molecule has 1 aromatic rings. The lowest BCUT2D eigenvalue weighted by Crippen LogP contribution is -2.68. The van der Waals surface area contributed by atoms with Gasteiger partial charge in [-0.25, -0.2) is 9.18 Å². The first-order valence-electron chi connectivity index (χ1n) is 9.54. The fraction of sp³-hybridized carbons (Fsp3) is 0.474. The third-order valence-electron chi connectivity index (χ3n) is 4.94. The van der Waals surface area contributed by atoms with Crippen molar-refractivity contribution in [1.29, 1.82) is 0 Å². The van der Waals surface area contributed by atoms with Gasteiger partial charge in [0.05, 0.1) is 19.8 Å². The number of ether oxygens (including phenoxy) is 3. The summed E-state index contributed by atoms with van der Waals surface area (Å²) >= 11 is 5.82. The molecule has 2 saturated heterocycles. The molecule has 0 radical (unpaired) electrons. The van der Waals surface area contributed by atoms with Gasteiger partial charge in [0.1, 0.15) is 25.1 Å². The van der Waals surface area contributed by atoms with E-state index in [-0.39, 0.29) is 10.6 Å². The van der Waals surface area contributed by atoms with Crippen LogP contribution >= 0.6 is 11.6 Å². The van der Waals surface area contributed by atoms with Gasteiger partial charge in [-0.05, 0) is 12.1 Å². The van der Waals surface area contributed by atoms with Gasteiger partial charge in [-0.15, -0.1) is 0 Å². The van der Waals surface area contributed by atoms with E-state index in [1.807, 2.05) is 5.32 Å². The Balaban J connectivity index is 0.000000509. The molecule has 11 nitrogen and oxygen atoms in total. The average molecular weight is 476 g/mol. The normalized spacial score (nSPS) is 32.1. The summed E-state index contributed by atoms with van der Waals surface area (Å²) in [5, 5.41) is 31.2. The number of aliphatic hydroxyl groups excluding tert-OH is 3. The minimum atomic E-state index is -2.48. The Bertz CT molecular complexity index is 878. The molecular formula is C19H23ClFN3O8. The Labute approximate surface area is 187 Å². The number of carbonyl (C=O) groups excluding carboxylic acids is 2. The van der Waals surface area contributed by atoms with Crippen molar-refractivity contribution in [3.63, 3.8) is 0 Å². The molecule has 1 unspecified atom stereocenters. The van der Waals surface area contributed by atoms with Gasteiger partial charge in [-0.3, -0.25) is 15.4 Å². The monoisotopic (exact) mass is 475 g/mol. The van der Waals surface area contributed by atoms with Crippen LogP contribution in [0.3, 0.4) is 0 Å². The third kappa shape index (κ3) is 4.92. The Morgan fingerprint density at radius 3 is 2.53 bits per heavy atom. The highest BCUT2D eigenvalue weighted by Gasteiger charge is 2.51. The molecule has 13 heteroatoms. The summed E-state index contributed by atoms with van der Waals surface area (Å²) in [6.45, 7) is 1.43. The van der Waals surface area contributed by atoms with Crippen LogP contribution < -0.4 is 11.1 Å². The number of amides is 2. The van der Waals surface area contributed by atoms with Crippen LogP contribution in [-0.4, -0.2) is 88.9 Å². The molecule has 0 aliphatic carbocycles. The molecule has 6 N–H and O–H groups in total. The Hall–Kier alpha value is -2.16. The van der Waals surface area contributed by atoms with Gasteiger partial charge >= 0.3 is 6.03 Å². The maximum absolute atomic E-state index is 14.7. The molecule has 3 aliphatic rings. The van der Waals surface area contributed by atoms with Crippen molar-refractivity contribution in [3.05, 3.63) is 46.9 Å². The summed E-state index contributed by atoms with van der Waals surface area (Å²) in [5.41, 5.74) is 3.31. The SMILES string of the molecule is C1COCO1.NC1(C(=O)c2cccc(Cl)c2)NC(=O)N([C@@H]2O[C@H](CO)[C@@H](O)[C@H]2O)C=C1F. The zero-order valence-corrected chi connectivity index (χ0v) is 17.4. The Morgan fingerprint density at radius 1 is 1.31 bits per heavy atom. The van der Waals surface area contributed by atoms with Gasteiger partial charge < -0.3 is 34.8 Å². The van der Waals surface area contributed by atoms with Gasteiger partial charge in [-0.2, -0.15) is 0 Å². The lowest BCUT2D eigenvalue weighted by atomic mass is 9.96. The predicted octanol–water partition coefficient (Wildman–Crippen LogP) is -0.556. The second-order valence-electron chi connectivity index (χ2n) is 7.13. The number of hydrogen-bond acceptors (Lipinski definition) is 9. The molecule has 0 aromatic heterocycles. The maximum Gasteiger partial charge on any atom is 0.325 e. The van der Waals surface area contributed by atoms with Crippen molar-refractivity contribution >= 4 is 23.4 Å². The van der Waals surface area contributed by atoms with Crippen molar-refractivity contribution in [2.24, 2.45) is 5.73 Å². The molecule has 0 bridgehead atoms. The number of nitrogens with two attached hydrogens (primary N) is 1. The first-order valence-corrected chi connectivity index (χ1v) is 9.92. The maximum atomic E-state index is 14.7. The summed E-state index contributed by atoms with van der Waals surface area (Å²) in [5.74, 6) is -2.15. The highest BCUT2D eigenvalue weighted by molar-refractivity contribution is 6.31. The van der Waals surface area contributed by atoms with Gasteiger partial charge in [-0.1, -0.05) is 23.7 Å². The van der Waals surface area contributed by atoms with Crippen molar-refractivity contribution in [3.8, 4) is 0 Å². The van der Waals surface area contributed by atoms with Crippen LogP contribution in [0.5, 0.6) is 0 Å². The zero-order chi connectivity index (χ0) is 23.5. The average Bonchev–Trinajstić information content (AvgIpc) is 3.44. The molecule has 3 heterocycles. The van der Waals surface area contributed by atoms with Crippen LogP contribution in [0.4, 0.5) is 9.18 Å². The predicted molar refractivity (Wildman–Crippen MR) is 107 cm³/mol. The van der Waals surface area contributed by atoms with Crippen LogP contribution in [0.15, 0.2) is 36.3 Å². The molecule has 2 amide bonds. The number of aliphatic hydroxyl groups is 3. The van der Waals surface area contributed by atoms with Crippen molar-refractivity contribution < 1.29 is 43.5 Å². The van der Waals surface area contributed by atoms with E-state index in [0.29, 0.717) is 17.9 Å². The summed E-state index contributed by atoms with van der Waals surface area (Å²) in [6.07, 6.45) is -5.12. The molecule has 4 rings (SSSR count). The molecule has 176 valence electrons. The van der Waals surface area contributed by atoms with E-state index in [2.05, 4.69) is 0 Å². The molecule has 5 atom stereocenters. The molecule has 32 heavy (non-hydrogen) atoms. The largest absolute Gasteiger partial charge is 0.394 e. The highest BCUT2D eigenvalue weighted by Crippen LogP contribution is 2.30. The highest BCUT2D eigenvalue weighted by atomic mass is 35.5. The first-order chi connectivity index (χ1) is 15.2. The summed E-state index contributed by atoms with van der Waals surface area (Å²) in [7, 11) is 0. The van der Waals surface area contributed by atoms with Crippen LogP contribution in [0, 0.1) is 0 Å². The lowest BCUT2D eigenvalue weighted by molar-refractivity contribution is -0.0679. The van der Waals surface area contributed by atoms with Gasteiger partial charge in [0.2, 0.25) is 11.4 Å².